The number of nitrogens with zero attached hydrogens (tertiary/aromatic N) is 3. The van der Waals surface area contributed by atoms with Crippen molar-refractivity contribution in [2.75, 3.05) is 13.7 Å². The van der Waals surface area contributed by atoms with Gasteiger partial charge in [0.2, 0.25) is 33.6 Å². The summed E-state index contributed by atoms with van der Waals surface area (Å²) >= 11 is 0. The molecule has 0 radical (unpaired) electrons. The van der Waals surface area contributed by atoms with Crippen LogP contribution in [0, 0.1) is 17.8 Å². The van der Waals surface area contributed by atoms with Gasteiger partial charge in [0.1, 0.15) is 23.7 Å². The molecule has 4 aliphatic rings. The van der Waals surface area contributed by atoms with Gasteiger partial charge >= 0.3 is 6.09 Å². The zero-order valence-corrected chi connectivity index (χ0v) is 32.7. The summed E-state index contributed by atoms with van der Waals surface area (Å²) in [5.41, 5.74) is -2.51. The lowest BCUT2D eigenvalue weighted by Crippen LogP contribution is -2.62. The third-order valence-electron chi connectivity index (χ3n) is 11.3. The SMILES string of the molecule is CC[C@@H]1C[C@H](C)CC/C=C\[C@@H]2C[C@@]2(C(=O)NS(=O)(=O)C2CC2)NC(=O)[C@@H]2C[C@@H](Oc3nc(OC)cc4ccccc34)CN2C(=O)[C@H]1N(C(=O)O)C(C)(C)C. The molecule has 1 aromatic carbocycles. The van der Waals surface area contributed by atoms with Gasteiger partial charge in [-0.2, -0.15) is 4.98 Å². The molecule has 294 valence electrons. The monoisotopic (exact) mass is 767 g/mol. The number of carbonyl (C=O) groups excluding carboxylic acids is 3. The Labute approximate surface area is 317 Å². The van der Waals surface area contributed by atoms with E-state index in [0.29, 0.717) is 43.4 Å². The lowest BCUT2D eigenvalue weighted by molar-refractivity contribution is -0.146. The van der Waals surface area contributed by atoms with Gasteiger partial charge < -0.3 is 24.8 Å². The van der Waals surface area contributed by atoms with Crippen LogP contribution in [0.2, 0.25) is 0 Å². The molecule has 0 spiro atoms. The maximum atomic E-state index is 15.1. The first-order chi connectivity index (χ1) is 25.5. The highest BCUT2D eigenvalue weighted by Gasteiger charge is 2.62. The quantitative estimate of drug-likeness (QED) is 0.320. The first kappa shape index (κ1) is 39.3. The average Bonchev–Trinajstić information content (AvgIpc) is 4.03. The number of carboxylic acid groups (broad SMARTS) is 1. The maximum Gasteiger partial charge on any atom is 0.408 e. The molecule has 3 N–H and O–H groups in total. The van der Waals surface area contributed by atoms with E-state index >= 15 is 4.79 Å². The third kappa shape index (κ3) is 8.01. The van der Waals surface area contributed by atoms with Crippen molar-refractivity contribution >= 4 is 44.6 Å². The van der Waals surface area contributed by atoms with Crippen molar-refractivity contribution < 1.29 is 42.2 Å². The first-order valence-electron chi connectivity index (χ1n) is 19.0. The molecule has 4 amide bonds. The molecule has 2 saturated carbocycles. The summed E-state index contributed by atoms with van der Waals surface area (Å²) in [5, 5.41) is 14.4. The zero-order valence-electron chi connectivity index (χ0n) is 31.9. The summed E-state index contributed by atoms with van der Waals surface area (Å²) in [6.45, 7) is 9.19. The number of sulfonamides is 1. The van der Waals surface area contributed by atoms with Crippen molar-refractivity contribution in [1.29, 1.82) is 0 Å². The van der Waals surface area contributed by atoms with Gasteiger partial charge in [0.15, 0.2) is 0 Å². The summed E-state index contributed by atoms with van der Waals surface area (Å²) in [4.78, 5) is 63.8. The van der Waals surface area contributed by atoms with E-state index in [1.165, 1.54) is 16.9 Å². The minimum atomic E-state index is -3.92. The van der Waals surface area contributed by atoms with Gasteiger partial charge in [-0.05, 0) is 82.6 Å². The second-order valence-corrected chi connectivity index (χ2v) is 18.4. The van der Waals surface area contributed by atoms with Gasteiger partial charge in [-0.25, -0.2) is 13.2 Å². The lowest BCUT2D eigenvalue weighted by atomic mass is 9.82. The van der Waals surface area contributed by atoms with Crippen molar-refractivity contribution in [2.45, 2.75) is 121 Å². The van der Waals surface area contributed by atoms with Crippen molar-refractivity contribution in [3.05, 3.63) is 42.5 Å². The average molecular weight is 768 g/mol. The van der Waals surface area contributed by atoms with Crippen LogP contribution < -0.4 is 19.5 Å². The van der Waals surface area contributed by atoms with Gasteiger partial charge in [0.05, 0.1) is 18.9 Å². The maximum absolute atomic E-state index is 15.1. The molecule has 0 bridgehead atoms. The van der Waals surface area contributed by atoms with Crippen LogP contribution in [0.5, 0.6) is 11.8 Å². The summed E-state index contributed by atoms with van der Waals surface area (Å²) in [7, 11) is -2.42. The van der Waals surface area contributed by atoms with Gasteiger partial charge in [-0.15, -0.1) is 0 Å². The molecule has 1 aromatic heterocycles. The Kier molecular flexibility index (Phi) is 10.9. The van der Waals surface area contributed by atoms with Gasteiger partial charge in [0.25, 0.3) is 5.91 Å². The summed E-state index contributed by atoms with van der Waals surface area (Å²) in [5.74, 6) is -2.14. The Morgan fingerprint density at radius 1 is 1.15 bits per heavy atom. The van der Waals surface area contributed by atoms with E-state index in [4.69, 9.17) is 9.47 Å². The number of amides is 4. The normalized spacial score (nSPS) is 29.9. The molecule has 0 unspecified atom stereocenters. The number of hydrogen-bond acceptors (Lipinski definition) is 9. The van der Waals surface area contributed by atoms with Crippen LogP contribution in [0.4, 0.5) is 4.79 Å². The first-order valence-corrected chi connectivity index (χ1v) is 20.5. The highest BCUT2D eigenvalue weighted by atomic mass is 32.2. The van der Waals surface area contributed by atoms with E-state index < -0.39 is 74.3 Å². The van der Waals surface area contributed by atoms with Crippen LogP contribution in [0.1, 0.15) is 86.0 Å². The summed E-state index contributed by atoms with van der Waals surface area (Å²) in [6, 6.07) is 6.92. The largest absolute Gasteiger partial charge is 0.481 e. The van der Waals surface area contributed by atoms with E-state index in [0.717, 1.165) is 11.8 Å². The third-order valence-corrected chi connectivity index (χ3v) is 13.1. The summed E-state index contributed by atoms with van der Waals surface area (Å²) in [6.07, 6.45) is 5.42. The Hall–Kier alpha value is -4.40. The zero-order chi connectivity index (χ0) is 39.2. The van der Waals surface area contributed by atoms with Crippen LogP contribution in [-0.4, -0.2) is 100 Å². The number of hydrogen-bond donors (Lipinski definition) is 3. The number of aromatic nitrogens is 1. The van der Waals surface area contributed by atoms with Crippen LogP contribution >= 0.6 is 0 Å². The molecule has 3 heterocycles. The Morgan fingerprint density at radius 3 is 2.52 bits per heavy atom. The molecule has 6 rings (SSSR count). The molecule has 3 fully saturated rings. The molecule has 7 atom stereocenters. The number of nitrogens with one attached hydrogen (secondary N) is 2. The second kappa shape index (κ2) is 15.0. The fraction of sp³-hybridized carbons (Fsp3) is 0.615. The Morgan fingerprint density at radius 2 is 1.87 bits per heavy atom. The van der Waals surface area contributed by atoms with E-state index in [9.17, 15) is 27.9 Å². The minimum Gasteiger partial charge on any atom is -0.481 e. The van der Waals surface area contributed by atoms with Crippen molar-refractivity contribution in [3.8, 4) is 11.8 Å². The number of benzene rings is 1. The molecule has 2 aromatic rings. The topological polar surface area (TPSA) is 185 Å². The fourth-order valence-corrected chi connectivity index (χ4v) is 9.51. The molecular formula is C39H53N5O9S. The number of fused-ring (bicyclic) bond motifs is 3. The molecule has 2 aliphatic carbocycles. The number of allylic oxidation sites excluding steroid dienone is 1. The molecule has 2 aliphatic heterocycles. The van der Waals surface area contributed by atoms with Crippen molar-refractivity contribution in [1.82, 2.24) is 24.8 Å². The van der Waals surface area contributed by atoms with Gasteiger partial charge in [-0.3, -0.25) is 24.0 Å². The molecule has 15 heteroatoms. The smallest absolute Gasteiger partial charge is 0.408 e. The predicted octanol–water partition coefficient (Wildman–Crippen LogP) is 4.62. The van der Waals surface area contributed by atoms with E-state index in [-0.39, 0.29) is 37.1 Å². The lowest BCUT2D eigenvalue weighted by Gasteiger charge is -2.44. The van der Waals surface area contributed by atoms with Crippen LogP contribution in [-0.2, 0) is 24.4 Å². The van der Waals surface area contributed by atoms with Crippen LogP contribution in [0.3, 0.4) is 0 Å². The Balaban J connectivity index is 1.42. The number of carbonyl (C=O) groups is 4. The van der Waals surface area contributed by atoms with E-state index in [1.54, 1.807) is 26.8 Å². The van der Waals surface area contributed by atoms with Crippen LogP contribution in [0.25, 0.3) is 10.8 Å². The number of pyridine rings is 1. The van der Waals surface area contributed by atoms with Crippen molar-refractivity contribution in [3.63, 3.8) is 0 Å². The van der Waals surface area contributed by atoms with Crippen LogP contribution in [0.15, 0.2) is 42.5 Å². The molecule has 14 nitrogen and oxygen atoms in total. The van der Waals surface area contributed by atoms with E-state index in [2.05, 4.69) is 21.9 Å². The predicted molar refractivity (Wildman–Crippen MR) is 201 cm³/mol. The highest BCUT2D eigenvalue weighted by Crippen LogP contribution is 2.46. The highest BCUT2D eigenvalue weighted by molar-refractivity contribution is 7.91. The molecule has 1 saturated heterocycles. The second-order valence-electron chi connectivity index (χ2n) is 16.4. The molecule has 54 heavy (non-hydrogen) atoms. The fourth-order valence-electron chi connectivity index (χ4n) is 8.15. The van der Waals surface area contributed by atoms with E-state index in [1.807, 2.05) is 43.3 Å². The standard InChI is InChI=1S/C39H53N5O9S/c1-7-24-18-23(2)12-8-10-14-26-21-39(26,36(47)42-54(50,51)28-16-17-28)41-33(45)30-20-27(22-43(30)35(46)32(24)44(37(48)49)38(3,4)5)53-34-29-15-11-9-13-25(29)19-31(40-34)52-6/h9-11,13-15,19,23-24,26-28,30,32H,7-8,12,16-18,20-22H2,1-6H3,(H,41,45)(H,42,47)(H,48,49)/b14-10-/t23-,24-,26-,27-,30+,32+,39-/m1/s1. The number of rotatable bonds is 8. The number of ether oxygens (including phenoxy) is 2. The Bertz CT molecular complexity index is 1930. The molecular weight excluding hydrogens is 715 g/mol. The summed E-state index contributed by atoms with van der Waals surface area (Å²) < 4.78 is 40.0. The minimum absolute atomic E-state index is 0.00582. The van der Waals surface area contributed by atoms with Crippen molar-refractivity contribution in [2.24, 2.45) is 17.8 Å². The number of methoxy groups -OCH3 is 1. The van der Waals surface area contributed by atoms with Gasteiger partial charge in [-0.1, -0.05) is 50.6 Å². The van der Waals surface area contributed by atoms with Gasteiger partial charge in [0, 0.05) is 29.3 Å².